The molecule has 0 saturated carbocycles. The number of ketones is 1. The highest BCUT2D eigenvalue weighted by Crippen LogP contribution is 2.16. The molecule has 0 bridgehead atoms. The first-order valence-electron chi connectivity index (χ1n) is 4.25. The van der Waals surface area contributed by atoms with Gasteiger partial charge in [-0.3, -0.25) is 9.20 Å². The van der Waals surface area contributed by atoms with Crippen molar-refractivity contribution in [2.24, 2.45) is 0 Å². The average Bonchev–Trinajstić information content (AvgIpc) is 2.39. The molecule has 2 aromatic rings. The van der Waals surface area contributed by atoms with Crippen LogP contribution in [0.2, 0.25) is 5.02 Å². The molecule has 0 aliphatic heterocycles. The molecule has 2 rings (SSSR count). The van der Waals surface area contributed by atoms with Gasteiger partial charge in [-0.05, 0) is 13.0 Å². The van der Waals surface area contributed by atoms with Crippen LogP contribution in [0.25, 0.3) is 5.65 Å². The number of rotatable bonds is 1. The van der Waals surface area contributed by atoms with E-state index in [4.69, 9.17) is 11.6 Å². The number of carbonyl (C=O) groups excluding carboxylic acids is 1. The fourth-order valence-electron chi connectivity index (χ4n) is 1.56. The zero-order valence-corrected chi connectivity index (χ0v) is 8.67. The maximum atomic E-state index is 11.3. The molecule has 0 aliphatic rings. The van der Waals surface area contributed by atoms with E-state index >= 15 is 0 Å². The predicted octanol–water partition coefficient (Wildman–Crippen LogP) is 2.50. The first-order valence-corrected chi connectivity index (χ1v) is 4.62. The standard InChI is InChI=1S/C10H9ClN2O/c1-6-10(7(2)14)13-4-3-8(11)5-9(13)12-6/h3-5H,1-2H3. The number of aromatic nitrogens is 2. The predicted molar refractivity (Wildman–Crippen MR) is 54.9 cm³/mol. The summed E-state index contributed by atoms with van der Waals surface area (Å²) >= 11 is 5.82. The lowest BCUT2D eigenvalue weighted by atomic mass is 10.2. The second kappa shape index (κ2) is 3.10. The van der Waals surface area contributed by atoms with E-state index in [1.807, 2.05) is 6.92 Å². The third-order valence-electron chi connectivity index (χ3n) is 2.10. The zero-order valence-electron chi connectivity index (χ0n) is 7.91. The number of hydrogen-bond acceptors (Lipinski definition) is 2. The third-order valence-corrected chi connectivity index (χ3v) is 2.33. The molecule has 0 unspecified atom stereocenters. The van der Waals surface area contributed by atoms with Gasteiger partial charge in [0.1, 0.15) is 11.3 Å². The molecule has 0 saturated heterocycles. The zero-order chi connectivity index (χ0) is 10.3. The second-order valence-electron chi connectivity index (χ2n) is 3.18. The fraction of sp³-hybridized carbons (Fsp3) is 0.200. The van der Waals surface area contributed by atoms with Crippen LogP contribution in [0, 0.1) is 6.92 Å². The maximum Gasteiger partial charge on any atom is 0.178 e. The second-order valence-corrected chi connectivity index (χ2v) is 3.61. The van der Waals surface area contributed by atoms with E-state index in [1.54, 1.807) is 22.7 Å². The minimum Gasteiger partial charge on any atom is -0.297 e. The van der Waals surface area contributed by atoms with Gasteiger partial charge in [0, 0.05) is 24.2 Å². The summed E-state index contributed by atoms with van der Waals surface area (Å²) in [6.45, 7) is 3.35. The lowest BCUT2D eigenvalue weighted by Crippen LogP contribution is -1.99. The molecular formula is C10H9ClN2O. The number of fused-ring (bicyclic) bond motifs is 1. The average molecular weight is 209 g/mol. The molecule has 14 heavy (non-hydrogen) atoms. The van der Waals surface area contributed by atoms with Gasteiger partial charge in [0.2, 0.25) is 0 Å². The molecule has 0 amide bonds. The highest BCUT2D eigenvalue weighted by atomic mass is 35.5. The van der Waals surface area contributed by atoms with E-state index in [0.717, 1.165) is 5.69 Å². The van der Waals surface area contributed by atoms with E-state index < -0.39 is 0 Å². The van der Waals surface area contributed by atoms with Crippen molar-refractivity contribution in [2.75, 3.05) is 0 Å². The molecule has 2 heterocycles. The first-order chi connectivity index (χ1) is 6.59. The number of carbonyl (C=O) groups is 1. The quantitative estimate of drug-likeness (QED) is 0.675. The summed E-state index contributed by atoms with van der Waals surface area (Å²) in [4.78, 5) is 15.6. The molecule has 4 heteroatoms. The highest BCUT2D eigenvalue weighted by Gasteiger charge is 2.12. The molecule has 2 aromatic heterocycles. The lowest BCUT2D eigenvalue weighted by Gasteiger charge is -1.97. The molecule has 0 aromatic carbocycles. The third kappa shape index (κ3) is 1.30. The van der Waals surface area contributed by atoms with Crippen molar-refractivity contribution >= 4 is 23.0 Å². The van der Waals surface area contributed by atoms with Crippen LogP contribution in [0.3, 0.4) is 0 Å². The molecule has 0 aliphatic carbocycles. The van der Waals surface area contributed by atoms with Crippen LogP contribution >= 0.6 is 11.6 Å². The number of pyridine rings is 1. The Hall–Kier alpha value is -1.35. The van der Waals surface area contributed by atoms with Crippen molar-refractivity contribution in [2.45, 2.75) is 13.8 Å². The van der Waals surface area contributed by atoms with Crippen LogP contribution in [0.1, 0.15) is 23.1 Å². The summed E-state index contributed by atoms with van der Waals surface area (Å²) in [5.74, 6) is 0.0114. The Labute approximate surface area is 86.3 Å². The fourth-order valence-corrected chi connectivity index (χ4v) is 1.72. The maximum absolute atomic E-state index is 11.3. The van der Waals surface area contributed by atoms with Gasteiger partial charge < -0.3 is 0 Å². The largest absolute Gasteiger partial charge is 0.297 e. The minimum atomic E-state index is 0.0114. The van der Waals surface area contributed by atoms with Gasteiger partial charge in [-0.2, -0.15) is 0 Å². The van der Waals surface area contributed by atoms with Gasteiger partial charge in [-0.15, -0.1) is 0 Å². The van der Waals surface area contributed by atoms with Crippen LogP contribution in [0.4, 0.5) is 0 Å². The van der Waals surface area contributed by atoms with Crippen LogP contribution in [-0.4, -0.2) is 15.2 Å². The van der Waals surface area contributed by atoms with Crippen molar-refractivity contribution in [1.82, 2.24) is 9.38 Å². The Morgan fingerprint density at radius 3 is 2.93 bits per heavy atom. The van der Waals surface area contributed by atoms with Gasteiger partial charge in [0.15, 0.2) is 5.78 Å². The number of hydrogen-bond donors (Lipinski definition) is 0. The van der Waals surface area contributed by atoms with Crippen LogP contribution in [-0.2, 0) is 0 Å². The normalized spacial score (nSPS) is 10.8. The molecule has 0 radical (unpaired) electrons. The van der Waals surface area contributed by atoms with Gasteiger partial charge in [-0.1, -0.05) is 11.6 Å². The van der Waals surface area contributed by atoms with E-state index in [1.165, 1.54) is 6.92 Å². The van der Waals surface area contributed by atoms with Gasteiger partial charge in [-0.25, -0.2) is 4.98 Å². The summed E-state index contributed by atoms with van der Waals surface area (Å²) in [6, 6.07) is 3.48. The summed E-state index contributed by atoms with van der Waals surface area (Å²) in [7, 11) is 0. The SMILES string of the molecule is CC(=O)c1c(C)nc2cc(Cl)ccn12. The van der Waals surface area contributed by atoms with Gasteiger partial charge in [0.25, 0.3) is 0 Å². The Kier molecular flexibility index (Phi) is 2.04. The molecular weight excluding hydrogens is 200 g/mol. The summed E-state index contributed by atoms with van der Waals surface area (Å²) in [5.41, 5.74) is 2.07. The highest BCUT2D eigenvalue weighted by molar-refractivity contribution is 6.30. The Morgan fingerprint density at radius 1 is 1.57 bits per heavy atom. The van der Waals surface area contributed by atoms with Crippen molar-refractivity contribution in [3.05, 3.63) is 34.7 Å². The molecule has 3 nitrogen and oxygen atoms in total. The van der Waals surface area contributed by atoms with E-state index in [0.29, 0.717) is 16.4 Å². The molecule has 0 spiro atoms. The van der Waals surface area contributed by atoms with E-state index in [2.05, 4.69) is 4.98 Å². The molecule has 0 N–H and O–H groups in total. The van der Waals surface area contributed by atoms with Crippen molar-refractivity contribution in [3.8, 4) is 0 Å². The smallest absolute Gasteiger partial charge is 0.178 e. The van der Waals surface area contributed by atoms with E-state index in [-0.39, 0.29) is 5.78 Å². The number of imidazole rings is 1. The molecule has 0 fully saturated rings. The van der Waals surface area contributed by atoms with Gasteiger partial charge in [0.05, 0.1) is 5.69 Å². The number of nitrogens with zero attached hydrogens (tertiary/aromatic N) is 2. The topological polar surface area (TPSA) is 34.4 Å². The summed E-state index contributed by atoms with van der Waals surface area (Å²) < 4.78 is 1.75. The van der Waals surface area contributed by atoms with Crippen LogP contribution in [0.15, 0.2) is 18.3 Å². The van der Waals surface area contributed by atoms with Crippen molar-refractivity contribution < 1.29 is 4.79 Å². The number of Topliss-reactive ketones (excluding diaryl/α,β-unsaturated/α-hetero) is 1. The number of aryl methyl sites for hydroxylation is 1. The Balaban J connectivity index is 2.84. The lowest BCUT2D eigenvalue weighted by molar-refractivity contribution is 0.101. The van der Waals surface area contributed by atoms with Crippen molar-refractivity contribution in [3.63, 3.8) is 0 Å². The Bertz CT molecular complexity index is 516. The van der Waals surface area contributed by atoms with E-state index in [9.17, 15) is 4.79 Å². The molecule has 72 valence electrons. The van der Waals surface area contributed by atoms with Crippen molar-refractivity contribution in [1.29, 1.82) is 0 Å². The minimum absolute atomic E-state index is 0.0114. The number of halogens is 1. The summed E-state index contributed by atoms with van der Waals surface area (Å²) in [6.07, 6.45) is 1.76. The van der Waals surface area contributed by atoms with Crippen LogP contribution in [0.5, 0.6) is 0 Å². The molecule has 0 atom stereocenters. The van der Waals surface area contributed by atoms with Crippen LogP contribution < -0.4 is 0 Å². The first kappa shape index (κ1) is 9.21. The Morgan fingerprint density at radius 2 is 2.29 bits per heavy atom. The van der Waals surface area contributed by atoms with Gasteiger partial charge >= 0.3 is 0 Å². The monoisotopic (exact) mass is 208 g/mol. The summed E-state index contributed by atoms with van der Waals surface area (Å²) in [5, 5.41) is 0.623.